The van der Waals surface area contributed by atoms with Crippen LogP contribution in [-0.2, 0) is 20.7 Å². The number of nitrogens with zero attached hydrogens (tertiary/aromatic N) is 1. The molecule has 0 bridgehead atoms. The van der Waals surface area contributed by atoms with Crippen molar-refractivity contribution >= 4 is 17.6 Å². The average Bonchev–Trinajstić information content (AvgIpc) is 2.46. The van der Waals surface area contributed by atoms with Gasteiger partial charge in [-0.2, -0.15) is 0 Å². The Labute approximate surface area is 119 Å². The number of aryl methyl sites for hydroxylation is 1. The molecule has 0 unspecified atom stereocenters. The van der Waals surface area contributed by atoms with E-state index in [1.807, 2.05) is 31.2 Å². The highest BCUT2D eigenvalue weighted by molar-refractivity contribution is 5.92. The molecular weight excluding hydrogens is 256 g/mol. The summed E-state index contributed by atoms with van der Waals surface area (Å²) in [7, 11) is 1.34. The number of hydrogen-bond acceptors (Lipinski definition) is 4. The van der Waals surface area contributed by atoms with E-state index in [0.717, 1.165) is 12.1 Å². The molecule has 0 heterocycles. The lowest BCUT2D eigenvalue weighted by molar-refractivity contribution is -0.142. The quantitative estimate of drug-likeness (QED) is 0.771. The van der Waals surface area contributed by atoms with Crippen LogP contribution in [0.1, 0.15) is 19.4 Å². The summed E-state index contributed by atoms with van der Waals surface area (Å²) in [6.07, 6.45) is 0.924. The van der Waals surface area contributed by atoms with Crippen molar-refractivity contribution in [3.05, 3.63) is 29.8 Å². The first-order valence-electron chi connectivity index (χ1n) is 6.77. The SMILES string of the molecule is CCc1cccc(NC(=O)CN(CC)CC(=O)OC)c1. The third-order valence-corrected chi connectivity index (χ3v) is 3.01. The number of ether oxygens (including phenoxy) is 1. The summed E-state index contributed by atoms with van der Waals surface area (Å²) in [5, 5.41) is 2.84. The van der Waals surface area contributed by atoms with E-state index in [1.54, 1.807) is 4.90 Å². The minimum atomic E-state index is -0.340. The first-order chi connectivity index (χ1) is 9.58. The molecular formula is C15H22N2O3. The van der Waals surface area contributed by atoms with Gasteiger partial charge in [0.2, 0.25) is 5.91 Å². The van der Waals surface area contributed by atoms with Crippen molar-refractivity contribution in [2.45, 2.75) is 20.3 Å². The number of anilines is 1. The van der Waals surface area contributed by atoms with Crippen LogP contribution in [0.3, 0.4) is 0 Å². The highest BCUT2D eigenvalue weighted by atomic mass is 16.5. The number of likely N-dealkylation sites (N-methyl/N-ethyl adjacent to an activating group) is 1. The van der Waals surface area contributed by atoms with Gasteiger partial charge in [-0.05, 0) is 30.7 Å². The van der Waals surface area contributed by atoms with Gasteiger partial charge >= 0.3 is 5.97 Å². The minimum absolute atomic E-state index is 0.120. The number of methoxy groups -OCH3 is 1. The van der Waals surface area contributed by atoms with E-state index in [-0.39, 0.29) is 25.0 Å². The van der Waals surface area contributed by atoms with Crippen LogP contribution in [0.15, 0.2) is 24.3 Å². The Morgan fingerprint density at radius 1 is 1.25 bits per heavy atom. The van der Waals surface area contributed by atoms with Crippen LogP contribution in [0, 0.1) is 0 Å². The molecule has 5 nitrogen and oxygen atoms in total. The fourth-order valence-corrected chi connectivity index (χ4v) is 1.80. The largest absolute Gasteiger partial charge is 0.468 e. The molecule has 5 heteroatoms. The monoisotopic (exact) mass is 278 g/mol. The molecule has 1 N–H and O–H groups in total. The van der Waals surface area contributed by atoms with E-state index in [2.05, 4.69) is 17.0 Å². The molecule has 0 aliphatic heterocycles. The van der Waals surface area contributed by atoms with Gasteiger partial charge in [0.1, 0.15) is 0 Å². The van der Waals surface area contributed by atoms with Gasteiger partial charge in [0.15, 0.2) is 0 Å². The van der Waals surface area contributed by atoms with Gasteiger partial charge in [-0.1, -0.05) is 26.0 Å². The number of amides is 1. The first kappa shape index (κ1) is 16.2. The van der Waals surface area contributed by atoms with Gasteiger partial charge < -0.3 is 10.1 Å². The fourth-order valence-electron chi connectivity index (χ4n) is 1.80. The van der Waals surface area contributed by atoms with Crippen molar-refractivity contribution < 1.29 is 14.3 Å². The second-order valence-electron chi connectivity index (χ2n) is 4.48. The molecule has 110 valence electrons. The Hall–Kier alpha value is -1.88. The maximum atomic E-state index is 11.9. The Balaban J connectivity index is 2.54. The van der Waals surface area contributed by atoms with Crippen LogP contribution in [-0.4, -0.2) is 43.5 Å². The second kappa shape index (κ2) is 8.32. The number of benzene rings is 1. The van der Waals surface area contributed by atoms with Crippen LogP contribution in [0.25, 0.3) is 0 Å². The zero-order chi connectivity index (χ0) is 15.0. The molecule has 1 amide bonds. The molecule has 0 radical (unpaired) electrons. The van der Waals surface area contributed by atoms with Crippen molar-refractivity contribution in [3.8, 4) is 0 Å². The van der Waals surface area contributed by atoms with Crippen molar-refractivity contribution in [1.82, 2.24) is 4.90 Å². The van der Waals surface area contributed by atoms with Gasteiger partial charge in [-0.25, -0.2) is 0 Å². The van der Waals surface area contributed by atoms with Crippen LogP contribution in [0.2, 0.25) is 0 Å². The number of carbonyl (C=O) groups excluding carboxylic acids is 2. The van der Waals surface area contributed by atoms with Gasteiger partial charge in [0.25, 0.3) is 0 Å². The van der Waals surface area contributed by atoms with Gasteiger partial charge in [-0.3, -0.25) is 14.5 Å². The molecule has 20 heavy (non-hydrogen) atoms. The molecule has 0 aliphatic rings. The number of carbonyl (C=O) groups is 2. The molecule has 0 aliphatic carbocycles. The maximum Gasteiger partial charge on any atom is 0.319 e. The summed E-state index contributed by atoms with van der Waals surface area (Å²) in [6, 6.07) is 7.74. The second-order valence-corrected chi connectivity index (χ2v) is 4.48. The Kier molecular flexibility index (Phi) is 6.73. The first-order valence-corrected chi connectivity index (χ1v) is 6.77. The number of rotatable bonds is 7. The lowest BCUT2D eigenvalue weighted by atomic mass is 10.1. The van der Waals surface area contributed by atoms with Crippen molar-refractivity contribution in [1.29, 1.82) is 0 Å². The lowest BCUT2D eigenvalue weighted by Crippen LogP contribution is -2.37. The van der Waals surface area contributed by atoms with E-state index in [9.17, 15) is 9.59 Å². The molecule has 1 aromatic rings. The van der Waals surface area contributed by atoms with E-state index in [1.165, 1.54) is 12.7 Å². The van der Waals surface area contributed by atoms with Crippen LogP contribution >= 0.6 is 0 Å². The average molecular weight is 278 g/mol. The standard InChI is InChI=1S/C15H22N2O3/c1-4-12-7-6-8-13(9-12)16-14(18)10-17(5-2)11-15(19)20-3/h6-9H,4-5,10-11H2,1-3H3,(H,16,18). The highest BCUT2D eigenvalue weighted by Crippen LogP contribution is 2.11. The number of hydrogen-bond donors (Lipinski definition) is 1. The van der Waals surface area contributed by atoms with Crippen LogP contribution in [0.5, 0.6) is 0 Å². The third kappa shape index (κ3) is 5.40. The number of nitrogens with one attached hydrogen (secondary N) is 1. The number of esters is 1. The summed E-state index contributed by atoms with van der Waals surface area (Å²) >= 11 is 0. The molecule has 0 atom stereocenters. The van der Waals surface area contributed by atoms with E-state index in [0.29, 0.717) is 6.54 Å². The van der Waals surface area contributed by atoms with Crippen LogP contribution < -0.4 is 5.32 Å². The molecule has 0 saturated heterocycles. The zero-order valence-electron chi connectivity index (χ0n) is 12.3. The summed E-state index contributed by atoms with van der Waals surface area (Å²) in [5.41, 5.74) is 1.95. The third-order valence-electron chi connectivity index (χ3n) is 3.01. The molecule has 0 fully saturated rings. The molecule has 1 aromatic carbocycles. The molecule has 0 aromatic heterocycles. The predicted octanol–water partition coefficient (Wildman–Crippen LogP) is 1.68. The lowest BCUT2D eigenvalue weighted by Gasteiger charge is -2.18. The Morgan fingerprint density at radius 2 is 2.00 bits per heavy atom. The Morgan fingerprint density at radius 3 is 2.60 bits per heavy atom. The van der Waals surface area contributed by atoms with Gasteiger partial charge in [-0.15, -0.1) is 0 Å². The van der Waals surface area contributed by atoms with Crippen molar-refractivity contribution in [3.63, 3.8) is 0 Å². The normalized spacial score (nSPS) is 10.4. The summed E-state index contributed by atoms with van der Waals surface area (Å²) < 4.78 is 4.60. The summed E-state index contributed by atoms with van der Waals surface area (Å²) in [4.78, 5) is 24.9. The van der Waals surface area contributed by atoms with Crippen molar-refractivity contribution in [2.75, 3.05) is 32.1 Å². The van der Waals surface area contributed by atoms with Gasteiger partial charge in [0.05, 0.1) is 20.2 Å². The van der Waals surface area contributed by atoms with Gasteiger partial charge in [0, 0.05) is 5.69 Å². The Bertz CT molecular complexity index is 460. The van der Waals surface area contributed by atoms with E-state index < -0.39 is 0 Å². The smallest absolute Gasteiger partial charge is 0.319 e. The fraction of sp³-hybridized carbons (Fsp3) is 0.467. The topological polar surface area (TPSA) is 58.6 Å². The van der Waals surface area contributed by atoms with E-state index in [4.69, 9.17) is 0 Å². The zero-order valence-corrected chi connectivity index (χ0v) is 12.3. The molecule has 0 spiro atoms. The summed E-state index contributed by atoms with van der Waals surface area (Å²) in [5.74, 6) is -0.475. The highest BCUT2D eigenvalue weighted by Gasteiger charge is 2.13. The molecule has 0 saturated carbocycles. The predicted molar refractivity (Wildman–Crippen MR) is 78.6 cm³/mol. The summed E-state index contributed by atoms with van der Waals surface area (Å²) in [6.45, 7) is 4.86. The molecule has 1 rings (SSSR count). The van der Waals surface area contributed by atoms with Crippen LogP contribution in [0.4, 0.5) is 5.69 Å². The van der Waals surface area contributed by atoms with Crippen molar-refractivity contribution in [2.24, 2.45) is 0 Å². The maximum absolute atomic E-state index is 11.9. The minimum Gasteiger partial charge on any atom is -0.468 e. The van der Waals surface area contributed by atoms with E-state index >= 15 is 0 Å².